The van der Waals surface area contributed by atoms with Gasteiger partial charge in [0.05, 0.1) is 18.9 Å². The van der Waals surface area contributed by atoms with Crippen LogP contribution >= 0.6 is 15.9 Å². The number of hydrogen-bond donors (Lipinski definition) is 0. The molecule has 1 aromatic rings. The molecule has 2 aliphatic heterocycles. The van der Waals surface area contributed by atoms with Gasteiger partial charge in [-0.25, -0.2) is 0 Å². The van der Waals surface area contributed by atoms with Gasteiger partial charge in [0.25, 0.3) is 11.7 Å². The van der Waals surface area contributed by atoms with Crippen LogP contribution in [0.4, 0.5) is 5.69 Å². The lowest BCUT2D eigenvalue weighted by atomic mass is 10.00. The molecule has 1 spiro atoms. The minimum absolute atomic E-state index is 0.0886. The van der Waals surface area contributed by atoms with Crippen molar-refractivity contribution in [1.82, 2.24) is 0 Å². The molecule has 2 heterocycles. The average molecular weight is 368 g/mol. The number of ether oxygens (including phenoxy) is 2. The standard InChI is InChI=1S/C17H22BrNO3/c1-2-3-5-13-6-7-15-14(12-13)17(21-10-4-11-22-17)16(20)19(15)9-8-18/h6-7,12H,2-5,8-11H2,1H3. The molecule has 5 heteroatoms. The van der Waals surface area contributed by atoms with E-state index in [-0.39, 0.29) is 5.91 Å². The van der Waals surface area contributed by atoms with Crippen LogP contribution in [0.2, 0.25) is 0 Å². The number of alkyl halides is 1. The highest BCUT2D eigenvalue weighted by Gasteiger charge is 2.54. The maximum absolute atomic E-state index is 12.9. The lowest BCUT2D eigenvalue weighted by Gasteiger charge is -2.32. The fourth-order valence-electron chi connectivity index (χ4n) is 3.14. The Hall–Kier alpha value is -0.910. The fourth-order valence-corrected chi connectivity index (χ4v) is 3.49. The normalized spacial score (nSPS) is 19.7. The van der Waals surface area contributed by atoms with Gasteiger partial charge >= 0.3 is 0 Å². The van der Waals surface area contributed by atoms with Crippen LogP contribution in [0.15, 0.2) is 18.2 Å². The van der Waals surface area contributed by atoms with Crippen molar-refractivity contribution in [3.05, 3.63) is 29.3 Å². The number of anilines is 1. The smallest absolute Gasteiger partial charge is 0.292 e. The molecular weight excluding hydrogens is 346 g/mol. The van der Waals surface area contributed by atoms with Gasteiger partial charge in [0.15, 0.2) is 0 Å². The number of halogens is 1. The molecule has 1 saturated heterocycles. The highest BCUT2D eigenvalue weighted by molar-refractivity contribution is 9.09. The van der Waals surface area contributed by atoms with E-state index in [1.165, 1.54) is 5.56 Å². The summed E-state index contributed by atoms with van der Waals surface area (Å²) in [4.78, 5) is 14.7. The van der Waals surface area contributed by atoms with Crippen LogP contribution < -0.4 is 4.90 Å². The van der Waals surface area contributed by atoms with Crippen molar-refractivity contribution in [2.45, 2.75) is 38.4 Å². The third kappa shape index (κ3) is 2.59. The molecule has 4 nitrogen and oxygen atoms in total. The van der Waals surface area contributed by atoms with Crippen LogP contribution in [-0.2, 0) is 26.5 Å². The number of unbranched alkanes of at least 4 members (excludes halogenated alkanes) is 1. The largest absolute Gasteiger partial charge is 0.338 e. The lowest BCUT2D eigenvalue weighted by molar-refractivity contribution is -0.256. The predicted octanol–water partition coefficient (Wildman–Crippen LogP) is 3.36. The van der Waals surface area contributed by atoms with Gasteiger partial charge in [0, 0.05) is 17.4 Å². The molecule has 0 N–H and O–H groups in total. The minimum Gasteiger partial charge on any atom is -0.338 e. The van der Waals surface area contributed by atoms with E-state index in [9.17, 15) is 4.79 Å². The van der Waals surface area contributed by atoms with Crippen LogP contribution in [-0.4, -0.2) is 31.0 Å². The molecule has 0 aromatic heterocycles. The molecule has 22 heavy (non-hydrogen) atoms. The zero-order valence-corrected chi connectivity index (χ0v) is 14.5. The van der Waals surface area contributed by atoms with Gasteiger partial charge in [-0.15, -0.1) is 0 Å². The number of amides is 1. The second-order valence-electron chi connectivity index (χ2n) is 5.77. The van der Waals surface area contributed by atoms with Crippen molar-refractivity contribution in [3.8, 4) is 0 Å². The number of fused-ring (bicyclic) bond motifs is 2. The molecule has 0 saturated carbocycles. The Kier molecular flexibility index (Phi) is 4.85. The zero-order valence-electron chi connectivity index (χ0n) is 12.9. The summed E-state index contributed by atoms with van der Waals surface area (Å²) in [7, 11) is 0. The zero-order chi connectivity index (χ0) is 15.6. The van der Waals surface area contributed by atoms with Crippen molar-refractivity contribution < 1.29 is 14.3 Å². The van der Waals surface area contributed by atoms with Crippen molar-refractivity contribution in [2.24, 2.45) is 0 Å². The molecule has 1 amide bonds. The highest BCUT2D eigenvalue weighted by atomic mass is 79.9. The number of nitrogens with zero attached hydrogens (tertiary/aromatic N) is 1. The van der Waals surface area contributed by atoms with Crippen LogP contribution in [0.1, 0.15) is 37.3 Å². The van der Waals surface area contributed by atoms with E-state index >= 15 is 0 Å². The van der Waals surface area contributed by atoms with Gasteiger partial charge in [-0.1, -0.05) is 35.3 Å². The molecule has 0 radical (unpaired) electrons. The van der Waals surface area contributed by atoms with Crippen LogP contribution in [0, 0.1) is 0 Å². The fraction of sp³-hybridized carbons (Fsp3) is 0.588. The van der Waals surface area contributed by atoms with Crippen molar-refractivity contribution in [2.75, 3.05) is 30.0 Å². The summed E-state index contributed by atoms with van der Waals surface area (Å²) in [5.74, 6) is -1.30. The Bertz CT molecular complexity index is 555. The first-order valence-corrected chi connectivity index (χ1v) is 9.14. The monoisotopic (exact) mass is 367 g/mol. The highest BCUT2D eigenvalue weighted by Crippen LogP contribution is 2.45. The molecule has 0 bridgehead atoms. The SMILES string of the molecule is CCCCc1ccc2c(c1)C1(OCCCO1)C(=O)N2CCBr. The van der Waals surface area contributed by atoms with E-state index in [0.717, 1.165) is 42.3 Å². The van der Waals surface area contributed by atoms with E-state index in [1.807, 2.05) is 6.07 Å². The van der Waals surface area contributed by atoms with Gasteiger partial charge in [-0.3, -0.25) is 4.79 Å². The topological polar surface area (TPSA) is 38.8 Å². The molecule has 0 atom stereocenters. The van der Waals surface area contributed by atoms with E-state index in [1.54, 1.807) is 4.90 Å². The maximum atomic E-state index is 12.9. The second-order valence-corrected chi connectivity index (χ2v) is 6.56. The molecule has 0 aliphatic carbocycles. The Morgan fingerprint density at radius 1 is 1.32 bits per heavy atom. The number of rotatable bonds is 5. The summed E-state index contributed by atoms with van der Waals surface area (Å²) < 4.78 is 11.7. The molecule has 2 aliphatic rings. The molecule has 1 fully saturated rings. The first-order chi connectivity index (χ1) is 10.7. The lowest BCUT2D eigenvalue weighted by Crippen LogP contribution is -2.47. The van der Waals surface area contributed by atoms with Crippen molar-refractivity contribution in [3.63, 3.8) is 0 Å². The number of benzene rings is 1. The third-order valence-electron chi connectivity index (χ3n) is 4.26. The molecular formula is C17H22BrNO3. The first kappa shape index (κ1) is 16.0. The summed E-state index contributed by atoms with van der Waals surface area (Å²) in [5.41, 5.74) is 3.05. The van der Waals surface area contributed by atoms with Crippen molar-refractivity contribution >= 4 is 27.5 Å². The average Bonchev–Trinajstić information content (AvgIpc) is 2.77. The van der Waals surface area contributed by atoms with Gasteiger partial charge in [0.2, 0.25) is 0 Å². The maximum Gasteiger partial charge on any atom is 0.292 e. The quantitative estimate of drug-likeness (QED) is 0.749. The Morgan fingerprint density at radius 2 is 2.09 bits per heavy atom. The Labute approximate surface area is 139 Å². The number of carbonyl (C=O) groups is 1. The van der Waals surface area contributed by atoms with Crippen molar-refractivity contribution in [1.29, 1.82) is 0 Å². The Morgan fingerprint density at radius 3 is 2.77 bits per heavy atom. The van der Waals surface area contributed by atoms with Gasteiger partial charge in [-0.05, 0) is 37.0 Å². The predicted molar refractivity (Wildman–Crippen MR) is 89.4 cm³/mol. The number of aryl methyl sites for hydroxylation is 1. The summed E-state index contributed by atoms with van der Waals surface area (Å²) in [6, 6.07) is 6.25. The van der Waals surface area contributed by atoms with Gasteiger partial charge in [-0.2, -0.15) is 0 Å². The van der Waals surface area contributed by atoms with Gasteiger partial charge in [0.1, 0.15) is 0 Å². The minimum atomic E-state index is -1.21. The number of carbonyl (C=O) groups excluding carboxylic acids is 1. The van der Waals surface area contributed by atoms with Crippen LogP contribution in [0.5, 0.6) is 0 Å². The van der Waals surface area contributed by atoms with Gasteiger partial charge < -0.3 is 14.4 Å². The molecule has 3 rings (SSSR count). The van der Waals surface area contributed by atoms with Crippen LogP contribution in [0.25, 0.3) is 0 Å². The Balaban J connectivity index is 2.01. The van der Waals surface area contributed by atoms with E-state index in [0.29, 0.717) is 19.8 Å². The first-order valence-electron chi connectivity index (χ1n) is 8.02. The van der Waals surface area contributed by atoms with E-state index in [2.05, 4.69) is 35.0 Å². The number of hydrogen-bond acceptors (Lipinski definition) is 3. The van der Waals surface area contributed by atoms with E-state index in [4.69, 9.17) is 9.47 Å². The molecule has 1 aromatic carbocycles. The summed E-state index contributed by atoms with van der Waals surface area (Å²) in [6.07, 6.45) is 4.15. The van der Waals surface area contributed by atoms with E-state index < -0.39 is 5.79 Å². The van der Waals surface area contributed by atoms with Crippen LogP contribution in [0.3, 0.4) is 0 Å². The third-order valence-corrected chi connectivity index (χ3v) is 4.61. The summed E-state index contributed by atoms with van der Waals surface area (Å²) in [5, 5.41) is 0.728. The summed E-state index contributed by atoms with van der Waals surface area (Å²) >= 11 is 3.42. The molecule has 120 valence electrons. The molecule has 0 unspecified atom stereocenters. The summed E-state index contributed by atoms with van der Waals surface area (Å²) in [6.45, 7) is 3.93. The second kappa shape index (κ2) is 6.69.